The Balaban J connectivity index is 1.72. The lowest BCUT2D eigenvalue weighted by Crippen LogP contribution is -2.50. The molecule has 0 radical (unpaired) electrons. The molecule has 0 spiro atoms. The molecular formula is C15H24N2O2. The van der Waals surface area contributed by atoms with E-state index < -0.39 is 0 Å². The van der Waals surface area contributed by atoms with Crippen LogP contribution in [0.4, 0.5) is 0 Å². The molecule has 1 fully saturated rings. The fourth-order valence-electron chi connectivity index (χ4n) is 2.29. The minimum Gasteiger partial charge on any atom is -0.494 e. The van der Waals surface area contributed by atoms with Crippen LogP contribution in [0.3, 0.4) is 0 Å². The van der Waals surface area contributed by atoms with Crippen molar-refractivity contribution < 1.29 is 9.47 Å². The van der Waals surface area contributed by atoms with Crippen LogP contribution in [0.5, 0.6) is 11.5 Å². The van der Waals surface area contributed by atoms with Gasteiger partial charge in [0.15, 0.2) is 0 Å². The summed E-state index contributed by atoms with van der Waals surface area (Å²) in [6.07, 6.45) is 0. The van der Waals surface area contributed by atoms with Gasteiger partial charge in [-0.25, -0.2) is 0 Å². The summed E-state index contributed by atoms with van der Waals surface area (Å²) in [5.41, 5.74) is 0. The third kappa shape index (κ3) is 4.40. The van der Waals surface area contributed by atoms with Crippen molar-refractivity contribution in [1.29, 1.82) is 0 Å². The van der Waals surface area contributed by atoms with Crippen LogP contribution in [0.1, 0.15) is 13.8 Å². The highest BCUT2D eigenvalue weighted by molar-refractivity contribution is 5.31. The summed E-state index contributed by atoms with van der Waals surface area (Å²) in [6, 6.07) is 8.43. The van der Waals surface area contributed by atoms with Crippen LogP contribution >= 0.6 is 0 Å². The maximum Gasteiger partial charge on any atom is 0.119 e. The molecule has 1 aromatic carbocycles. The van der Waals surface area contributed by atoms with Gasteiger partial charge in [-0.1, -0.05) is 0 Å². The zero-order chi connectivity index (χ0) is 13.5. The first-order valence-corrected chi connectivity index (χ1v) is 7.10. The largest absolute Gasteiger partial charge is 0.494 e. The van der Waals surface area contributed by atoms with Gasteiger partial charge in [0.05, 0.1) is 6.61 Å². The number of ether oxygens (including phenoxy) is 2. The summed E-state index contributed by atoms with van der Waals surface area (Å²) in [5, 5.41) is 3.39. The maximum atomic E-state index is 5.77. The predicted octanol–water partition coefficient (Wildman–Crippen LogP) is 1.76. The Labute approximate surface area is 115 Å². The molecule has 0 aliphatic carbocycles. The van der Waals surface area contributed by atoms with E-state index in [-0.39, 0.29) is 0 Å². The van der Waals surface area contributed by atoms with Crippen LogP contribution in [0.2, 0.25) is 0 Å². The Morgan fingerprint density at radius 2 is 1.89 bits per heavy atom. The Bertz CT molecular complexity index is 367. The highest BCUT2D eigenvalue weighted by atomic mass is 16.5. The average Bonchev–Trinajstić information content (AvgIpc) is 2.43. The lowest BCUT2D eigenvalue weighted by Gasteiger charge is -2.33. The van der Waals surface area contributed by atoms with Crippen LogP contribution in [0, 0.1) is 0 Å². The first-order valence-electron chi connectivity index (χ1n) is 7.10. The molecule has 1 aliphatic heterocycles. The van der Waals surface area contributed by atoms with Gasteiger partial charge in [0, 0.05) is 32.2 Å². The lowest BCUT2D eigenvalue weighted by molar-refractivity contribution is 0.143. The van der Waals surface area contributed by atoms with E-state index >= 15 is 0 Å². The molecule has 0 amide bonds. The molecule has 4 heteroatoms. The second kappa shape index (κ2) is 7.36. The molecule has 1 saturated heterocycles. The van der Waals surface area contributed by atoms with E-state index in [2.05, 4.69) is 17.1 Å². The number of rotatable bonds is 6. The summed E-state index contributed by atoms with van der Waals surface area (Å²) in [4.78, 5) is 2.46. The number of piperazine rings is 1. The van der Waals surface area contributed by atoms with Gasteiger partial charge < -0.3 is 14.8 Å². The zero-order valence-electron chi connectivity index (χ0n) is 11.9. The lowest BCUT2D eigenvalue weighted by atomic mass is 10.2. The Morgan fingerprint density at radius 3 is 2.53 bits per heavy atom. The van der Waals surface area contributed by atoms with Gasteiger partial charge in [-0.3, -0.25) is 4.90 Å². The summed E-state index contributed by atoms with van der Waals surface area (Å²) in [6.45, 7) is 9.90. The van der Waals surface area contributed by atoms with Crippen LogP contribution in [-0.4, -0.2) is 50.3 Å². The van der Waals surface area contributed by atoms with Crippen LogP contribution in [0.15, 0.2) is 24.3 Å². The zero-order valence-corrected chi connectivity index (χ0v) is 11.9. The minimum atomic E-state index is 0.595. The number of nitrogens with zero attached hydrogens (tertiary/aromatic N) is 1. The van der Waals surface area contributed by atoms with E-state index in [4.69, 9.17) is 9.47 Å². The van der Waals surface area contributed by atoms with E-state index in [1.807, 2.05) is 31.2 Å². The van der Waals surface area contributed by atoms with E-state index in [1.165, 1.54) is 0 Å². The highest BCUT2D eigenvalue weighted by Gasteiger charge is 2.16. The van der Waals surface area contributed by atoms with Crippen LogP contribution < -0.4 is 14.8 Å². The van der Waals surface area contributed by atoms with Crippen LogP contribution in [-0.2, 0) is 0 Å². The summed E-state index contributed by atoms with van der Waals surface area (Å²) < 4.78 is 11.2. The molecule has 1 N–H and O–H groups in total. The van der Waals surface area contributed by atoms with Crippen LogP contribution in [0.25, 0.3) is 0 Å². The molecule has 106 valence electrons. The monoisotopic (exact) mass is 264 g/mol. The number of hydrogen-bond acceptors (Lipinski definition) is 4. The van der Waals surface area contributed by atoms with E-state index in [0.717, 1.165) is 44.3 Å². The maximum absolute atomic E-state index is 5.77. The summed E-state index contributed by atoms with van der Waals surface area (Å²) in [5.74, 6) is 1.80. The van der Waals surface area contributed by atoms with E-state index in [1.54, 1.807) is 0 Å². The Hall–Kier alpha value is -1.26. The number of nitrogens with one attached hydrogen (secondary N) is 1. The molecule has 2 rings (SSSR count). The van der Waals surface area contributed by atoms with Gasteiger partial charge >= 0.3 is 0 Å². The van der Waals surface area contributed by atoms with Gasteiger partial charge in [-0.2, -0.15) is 0 Å². The molecule has 0 bridgehead atoms. The average molecular weight is 264 g/mol. The molecule has 4 nitrogen and oxygen atoms in total. The van der Waals surface area contributed by atoms with Crippen molar-refractivity contribution in [2.45, 2.75) is 19.9 Å². The number of hydrogen-bond donors (Lipinski definition) is 1. The highest BCUT2D eigenvalue weighted by Crippen LogP contribution is 2.17. The predicted molar refractivity (Wildman–Crippen MR) is 77.0 cm³/mol. The van der Waals surface area contributed by atoms with E-state index in [9.17, 15) is 0 Å². The molecule has 0 unspecified atom stereocenters. The van der Waals surface area contributed by atoms with Gasteiger partial charge in [-0.15, -0.1) is 0 Å². The number of benzene rings is 1. The molecule has 0 saturated carbocycles. The molecule has 1 heterocycles. The smallest absolute Gasteiger partial charge is 0.119 e. The summed E-state index contributed by atoms with van der Waals surface area (Å²) >= 11 is 0. The standard InChI is InChI=1S/C15H24N2O2/c1-3-18-14-4-6-15(7-5-14)19-11-10-17-9-8-16-12-13(17)2/h4-7,13,16H,3,8-12H2,1-2H3/t13-/m1/s1. The van der Waals surface area contributed by atoms with Gasteiger partial charge in [0.1, 0.15) is 18.1 Å². The van der Waals surface area contributed by atoms with Crippen molar-refractivity contribution in [2.24, 2.45) is 0 Å². The van der Waals surface area contributed by atoms with Gasteiger partial charge in [-0.05, 0) is 38.1 Å². The second-order valence-corrected chi connectivity index (χ2v) is 4.84. The minimum absolute atomic E-state index is 0.595. The Kier molecular flexibility index (Phi) is 5.48. The third-order valence-electron chi connectivity index (χ3n) is 3.42. The first kappa shape index (κ1) is 14.2. The Morgan fingerprint density at radius 1 is 1.21 bits per heavy atom. The van der Waals surface area contributed by atoms with Crippen molar-refractivity contribution in [1.82, 2.24) is 10.2 Å². The second-order valence-electron chi connectivity index (χ2n) is 4.84. The normalized spacial score (nSPS) is 20.2. The molecule has 0 aromatic heterocycles. The topological polar surface area (TPSA) is 33.7 Å². The van der Waals surface area contributed by atoms with Crippen molar-refractivity contribution in [3.8, 4) is 11.5 Å². The molecule has 1 atom stereocenters. The fraction of sp³-hybridized carbons (Fsp3) is 0.600. The molecule has 19 heavy (non-hydrogen) atoms. The van der Waals surface area contributed by atoms with Crippen molar-refractivity contribution in [3.63, 3.8) is 0 Å². The van der Waals surface area contributed by atoms with Gasteiger partial charge in [0.25, 0.3) is 0 Å². The fourth-order valence-corrected chi connectivity index (χ4v) is 2.29. The summed E-state index contributed by atoms with van der Waals surface area (Å²) in [7, 11) is 0. The molecular weight excluding hydrogens is 240 g/mol. The molecule has 1 aromatic rings. The van der Waals surface area contributed by atoms with E-state index in [0.29, 0.717) is 12.6 Å². The molecule has 1 aliphatic rings. The van der Waals surface area contributed by atoms with Crippen molar-refractivity contribution in [3.05, 3.63) is 24.3 Å². The van der Waals surface area contributed by atoms with Crippen molar-refractivity contribution in [2.75, 3.05) is 39.4 Å². The third-order valence-corrected chi connectivity index (χ3v) is 3.42. The quantitative estimate of drug-likeness (QED) is 0.849. The van der Waals surface area contributed by atoms with Gasteiger partial charge in [0.2, 0.25) is 0 Å². The van der Waals surface area contributed by atoms with Crippen molar-refractivity contribution >= 4 is 0 Å². The SMILES string of the molecule is CCOc1ccc(OCCN2CCNC[C@H]2C)cc1. The first-order chi connectivity index (χ1) is 9.29.